The molecule has 3 heterocycles. The lowest BCUT2D eigenvalue weighted by Crippen LogP contribution is -2.43. The predicted molar refractivity (Wildman–Crippen MR) is 97.3 cm³/mol. The highest BCUT2D eigenvalue weighted by Crippen LogP contribution is 2.35. The lowest BCUT2D eigenvalue weighted by molar-refractivity contribution is -0.591. The molecule has 3 atom stereocenters. The zero-order valence-corrected chi connectivity index (χ0v) is 14.8. The second kappa shape index (κ2) is 6.31. The summed E-state index contributed by atoms with van der Waals surface area (Å²) in [5.41, 5.74) is 1.92. The van der Waals surface area contributed by atoms with Crippen LogP contribution in [0.5, 0.6) is 0 Å². The van der Waals surface area contributed by atoms with Crippen LogP contribution in [-0.4, -0.2) is 11.0 Å². The fourth-order valence-corrected chi connectivity index (χ4v) is 4.43. The summed E-state index contributed by atoms with van der Waals surface area (Å²) < 4.78 is 1.96. The largest absolute Gasteiger partial charge is 0.710 e. The summed E-state index contributed by atoms with van der Waals surface area (Å²) in [6.07, 6.45) is 3.60. The van der Waals surface area contributed by atoms with Gasteiger partial charge in [-0.3, -0.25) is 0 Å². The molecule has 6 heteroatoms. The number of piperidine rings is 1. The van der Waals surface area contributed by atoms with Crippen molar-refractivity contribution in [3.05, 3.63) is 63.5 Å². The van der Waals surface area contributed by atoms with E-state index in [0.717, 1.165) is 32.8 Å². The highest BCUT2D eigenvalue weighted by molar-refractivity contribution is 7.17. The van der Waals surface area contributed by atoms with E-state index in [2.05, 4.69) is 29.4 Å². The van der Waals surface area contributed by atoms with Crippen molar-refractivity contribution < 1.29 is 4.73 Å². The molecule has 124 valence electrons. The zero-order chi connectivity index (χ0) is 16.7. The number of rotatable bonds is 2. The summed E-state index contributed by atoms with van der Waals surface area (Å²) in [7, 11) is 0. The normalized spacial score (nSPS) is 24.3. The van der Waals surface area contributed by atoms with E-state index < -0.39 is 0 Å². The van der Waals surface area contributed by atoms with Crippen LogP contribution < -0.4 is 10.0 Å². The van der Waals surface area contributed by atoms with E-state index >= 15 is 0 Å². The molecule has 2 aromatic heterocycles. The van der Waals surface area contributed by atoms with Crippen LogP contribution in [0.3, 0.4) is 0 Å². The van der Waals surface area contributed by atoms with Gasteiger partial charge in [-0.15, -0.1) is 11.3 Å². The van der Waals surface area contributed by atoms with E-state index in [1.54, 1.807) is 11.3 Å². The first-order chi connectivity index (χ1) is 11.6. The van der Waals surface area contributed by atoms with Gasteiger partial charge in [-0.2, -0.15) is 0 Å². The summed E-state index contributed by atoms with van der Waals surface area (Å²) in [4.78, 5) is 4.49. The highest BCUT2D eigenvalue weighted by atomic mass is 35.5. The summed E-state index contributed by atoms with van der Waals surface area (Å²) in [6, 6.07) is 10.3. The van der Waals surface area contributed by atoms with Crippen LogP contribution in [0.4, 0.5) is 0 Å². The van der Waals surface area contributed by atoms with Gasteiger partial charge in [-0.05, 0) is 48.9 Å². The second-order valence-electron chi connectivity index (χ2n) is 6.42. The van der Waals surface area contributed by atoms with Gasteiger partial charge >= 0.3 is 5.82 Å². The van der Waals surface area contributed by atoms with Gasteiger partial charge in [0.1, 0.15) is 4.70 Å². The van der Waals surface area contributed by atoms with Crippen molar-refractivity contribution in [1.29, 1.82) is 0 Å². The minimum Gasteiger partial charge on any atom is -0.710 e. The fraction of sp³-hybridized carbons (Fsp3) is 0.333. The minimum absolute atomic E-state index is 0.142. The Kier molecular flexibility index (Phi) is 4.16. The van der Waals surface area contributed by atoms with Crippen molar-refractivity contribution in [3.63, 3.8) is 0 Å². The van der Waals surface area contributed by atoms with E-state index in [-0.39, 0.29) is 12.0 Å². The van der Waals surface area contributed by atoms with Crippen molar-refractivity contribution in [2.45, 2.75) is 37.8 Å². The number of aromatic nitrogens is 2. The van der Waals surface area contributed by atoms with Gasteiger partial charge in [0.05, 0.1) is 5.92 Å². The molecule has 3 unspecified atom stereocenters. The molecule has 1 aliphatic heterocycles. The molecule has 1 saturated heterocycles. The van der Waals surface area contributed by atoms with Crippen LogP contribution in [-0.2, 0) is 0 Å². The zero-order valence-electron chi connectivity index (χ0n) is 13.3. The number of hydrogen-bond acceptors (Lipinski definition) is 4. The first-order valence-corrected chi connectivity index (χ1v) is 9.35. The summed E-state index contributed by atoms with van der Waals surface area (Å²) in [6.45, 7) is 2.16. The van der Waals surface area contributed by atoms with Gasteiger partial charge in [0.15, 0.2) is 11.7 Å². The van der Waals surface area contributed by atoms with Gasteiger partial charge in [0.2, 0.25) is 0 Å². The Balaban J connectivity index is 1.66. The van der Waals surface area contributed by atoms with Gasteiger partial charge in [0.25, 0.3) is 0 Å². The lowest BCUT2D eigenvalue weighted by Gasteiger charge is -2.33. The maximum absolute atomic E-state index is 12.7. The van der Waals surface area contributed by atoms with Gasteiger partial charge in [-0.1, -0.05) is 28.7 Å². The van der Waals surface area contributed by atoms with Crippen LogP contribution in [0, 0.1) is 5.21 Å². The molecule has 0 bridgehead atoms. The predicted octanol–water partition coefficient (Wildman–Crippen LogP) is 4.18. The molecule has 24 heavy (non-hydrogen) atoms. The fourth-order valence-electron chi connectivity index (χ4n) is 3.58. The number of nitrogens with one attached hydrogen (secondary N) is 1. The van der Waals surface area contributed by atoms with Crippen molar-refractivity contribution in [2.24, 2.45) is 0 Å². The summed E-state index contributed by atoms with van der Waals surface area (Å²) in [5, 5.41) is 19.0. The maximum atomic E-state index is 12.7. The molecule has 4 nitrogen and oxygen atoms in total. The van der Waals surface area contributed by atoms with Gasteiger partial charge in [-0.25, -0.2) is 4.73 Å². The van der Waals surface area contributed by atoms with Crippen molar-refractivity contribution >= 4 is 33.2 Å². The molecule has 0 spiro atoms. The minimum atomic E-state index is 0.142. The highest BCUT2D eigenvalue weighted by Gasteiger charge is 2.33. The molecule has 1 N–H and O–H groups in total. The number of benzene rings is 1. The molecule has 3 aromatic rings. The smallest absolute Gasteiger partial charge is 0.305 e. The van der Waals surface area contributed by atoms with E-state index in [1.165, 1.54) is 5.56 Å². The topological polar surface area (TPSA) is 51.9 Å². The first kappa shape index (κ1) is 15.8. The lowest BCUT2D eigenvalue weighted by atomic mass is 9.85. The number of hydrogen-bond donors (Lipinski definition) is 1. The third-order valence-electron chi connectivity index (χ3n) is 4.70. The van der Waals surface area contributed by atoms with Crippen molar-refractivity contribution in [1.82, 2.24) is 10.3 Å². The van der Waals surface area contributed by atoms with E-state index in [4.69, 9.17) is 11.6 Å². The molecule has 1 aliphatic rings. The average Bonchev–Trinajstić information content (AvgIpc) is 3.05. The Morgan fingerprint density at radius 1 is 1.25 bits per heavy atom. The van der Waals surface area contributed by atoms with E-state index in [1.807, 2.05) is 29.8 Å². The molecule has 4 rings (SSSR count). The van der Waals surface area contributed by atoms with Crippen molar-refractivity contribution in [3.8, 4) is 0 Å². The average molecular weight is 360 g/mol. The Morgan fingerprint density at radius 3 is 2.83 bits per heavy atom. The third kappa shape index (κ3) is 2.88. The molecule has 0 saturated carbocycles. The molecular weight excluding hydrogens is 342 g/mol. The van der Waals surface area contributed by atoms with Crippen LogP contribution in [0.1, 0.15) is 43.1 Å². The molecule has 1 aromatic carbocycles. The molecule has 0 amide bonds. The maximum Gasteiger partial charge on any atom is 0.305 e. The summed E-state index contributed by atoms with van der Waals surface area (Å²) in [5.74, 6) is 0.775. The first-order valence-electron chi connectivity index (χ1n) is 8.09. The van der Waals surface area contributed by atoms with E-state index in [9.17, 15) is 5.21 Å². The standard InChI is InChI=1S/C18H18ClN3OS/c1-11-8-13(9-15(21-11)12-2-4-14(19)5-3-12)18-20-10-17-16(22(18)23)6-7-24-17/h2-7,10-11,13,15,21H,8-9H2,1H3. The van der Waals surface area contributed by atoms with Crippen LogP contribution in [0.15, 0.2) is 41.9 Å². The quantitative estimate of drug-likeness (QED) is 0.551. The van der Waals surface area contributed by atoms with E-state index in [0.29, 0.717) is 11.9 Å². The number of halogens is 1. The Morgan fingerprint density at radius 2 is 2.04 bits per heavy atom. The van der Waals surface area contributed by atoms with Gasteiger partial charge in [0, 0.05) is 17.1 Å². The monoisotopic (exact) mass is 359 g/mol. The summed E-state index contributed by atoms with van der Waals surface area (Å²) >= 11 is 7.54. The molecule has 0 aliphatic carbocycles. The Labute approximate surface area is 149 Å². The molecule has 1 fully saturated rings. The van der Waals surface area contributed by atoms with Crippen LogP contribution >= 0.6 is 22.9 Å². The number of nitrogens with zero attached hydrogens (tertiary/aromatic N) is 2. The second-order valence-corrected chi connectivity index (χ2v) is 7.81. The van der Waals surface area contributed by atoms with Crippen LogP contribution in [0.25, 0.3) is 10.2 Å². The molecule has 0 radical (unpaired) electrons. The number of fused-ring (bicyclic) bond motifs is 1. The van der Waals surface area contributed by atoms with Gasteiger partial charge < -0.3 is 10.5 Å². The van der Waals surface area contributed by atoms with Crippen molar-refractivity contribution in [2.75, 3.05) is 0 Å². The van der Waals surface area contributed by atoms with Crippen LogP contribution in [0.2, 0.25) is 5.02 Å². The Bertz CT molecular complexity index is 864. The number of thiophene rings is 1. The molecular formula is C18H18ClN3OS. The SMILES string of the molecule is CC1CC(c2ncc3sccc3[n+]2[O-])CC(c2ccc(Cl)cc2)N1. The Hall–Kier alpha value is -1.69. The third-order valence-corrected chi connectivity index (χ3v) is 5.79.